The van der Waals surface area contributed by atoms with E-state index in [1.165, 1.54) is 11.1 Å². The zero-order chi connectivity index (χ0) is 16.7. The maximum Gasteiger partial charge on any atom is 0.226 e. The zero-order valence-electron chi connectivity index (χ0n) is 13.5. The predicted molar refractivity (Wildman–Crippen MR) is 97.1 cm³/mol. The first kappa shape index (κ1) is 15.0. The van der Waals surface area contributed by atoms with Crippen LogP contribution in [0, 0.1) is 13.8 Å². The first-order valence-electron chi connectivity index (χ1n) is 7.83. The quantitative estimate of drug-likeness (QED) is 0.743. The van der Waals surface area contributed by atoms with Crippen LogP contribution in [0.1, 0.15) is 28.3 Å². The number of anilines is 1. The van der Waals surface area contributed by atoms with Gasteiger partial charge in [-0.2, -0.15) is 10.1 Å². The number of benzene rings is 2. The van der Waals surface area contributed by atoms with Gasteiger partial charge >= 0.3 is 0 Å². The predicted octanol–water partition coefficient (Wildman–Crippen LogP) is 4.60. The molecule has 0 spiro atoms. The number of hydrogen-bond acceptors (Lipinski definition) is 3. The molecule has 2 heterocycles. The van der Waals surface area contributed by atoms with Crippen LogP contribution < -0.4 is 5.32 Å². The maximum absolute atomic E-state index is 6.18. The summed E-state index contributed by atoms with van der Waals surface area (Å²) in [4.78, 5) is 4.34. The largest absolute Gasteiger partial charge is 0.324 e. The highest BCUT2D eigenvalue weighted by Crippen LogP contribution is 2.33. The Hall–Kier alpha value is -2.59. The van der Waals surface area contributed by atoms with E-state index in [4.69, 9.17) is 11.6 Å². The van der Waals surface area contributed by atoms with Crippen LogP contribution in [0.3, 0.4) is 0 Å². The SMILES string of the molecule is Cc1ccc(C2=CC(c3cccc(Cl)c3)n3ncnc3N2)cc1C. The summed E-state index contributed by atoms with van der Waals surface area (Å²) in [5, 5.41) is 8.45. The summed E-state index contributed by atoms with van der Waals surface area (Å²) < 4.78 is 1.87. The van der Waals surface area contributed by atoms with Crippen molar-refractivity contribution < 1.29 is 0 Å². The second-order valence-electron chi connectivity index (χ2n) is 6.03. The number of hydrogen-bond donors (Lipinski definition) is 1. The lowest BCUT2D eigenvalue weighted by molar-refractivity contribution is 0.612. The number of rotatable bonds is 2. The molecule has 0 saturated heterocycles. The van der Waals surface area contributed by atoms with Crippen LogP contribution in [-0.4, -0.2) is 14.8 Å². The first-order valence-corrected chi connectivity index (χ1v) is 8.21. The minimum atomic E-state index is -0.0425. The van der Waals surface area contributed by atoms with Gasteiger partial charge in [-0.05, 0) is 60.4 Å². The number of aromatic nitrogens is 3. The van der Waals surface area contributed by atoms with E-state index >= 15 is 0 Å². The average Bonchev–Trinajstić information content (AvgIpc) is 3.05. The Bertz CT molecular complexity index is 942. The first-order chi connectivity index (χ1) is 11.6. The lowest BCUT2D eigenvalue weighted by Crippen LogP contribution is -2.20. The Balaban J connectivity index is 1.82. The van der Waals surface area contributed by atoms with E-state index in [-0.39, 0.29) is 6.04 Å². The molecule has 1 atom stereocenters. The number of allylic oxidation sites excluding steroid dienone is 1. The van der Waals surface area contributed by atoms with E-state index in [2.05, 4.69) is 59.6 Å². The van der Waals surface area contributed by atoms with Gasteiger partial charge in [-0.3, -0.25) is 0 Å². The van der Waals surface area contributed by atoms with Gasteiger partial charge in [0.15, 0.2) is 0 Å². The minimum absolute atomic E-state index is 0.0425. The molecule has 1 aliphatic rings. The third-order valence-electron chi connectivity index (χ3n) is 4.42. The molecule has 0 amide bonds. The van der Waals surface area contributed by atoms with Gasteiger partial charge < -0.3 is 5.32 Å². The van der Waals surface area contributed by atoms with Crippen LogP contribution in [0.2, 0.25) is 5.02 Å². The molecule has 1 aromatic heterocycles. The van der Waals surface area contributed by atoms with Gasteiger partial charge in [-0.1, -0.05) is 35.9 Å². The molecule has 4 nitrogen and oxygen atoms in total. The molecule has 5 heteroatoms. The van der Waals surface area contributed by atoms with Crippen LogP contribution in [0.4, 0.5) is 5.95 Å². The van der Waals surface area contributed by atoms with Crippen LogP contribution in [0.25, 0.3) is 5.70 Å². The standard InChI is InChI=1S/C19H17ClN4/c1-12-6-7-14(8-13(12)2)17-10-18(15-4-3-5-16(20)9-15)24-19(23-17)21-11-22-24/h3-11,18H,1-2H3,(H,21,22,23). The Labute approximate surface area is 145 Å². The van der Waals surface area contributed by atoms with Crippen LogP contribution in [0.5, 0.6) is 0 Å². The molecule has 0 bridgehead atoms. The Morgan fingerprint density at radius 1 is 1.08 bits per heavy atom. The molecule has 2 aromatic carbocycles. The van der Waals surface area contributed by atoms with E-state index in [1.807, 2.05) is 22.9 Å². The summed E-state index contributed by atoms with van der Waals surface area (Å²) in [6.07, 6.45) is 3.73. The van der Waals surface area contributed by atoms with E-state index in [0.29, 0.717) is 5.02 Å². The van der Waals surface area contributed by atoms with Crippen molar-refractivity contribution in [3.05, 3.63) is 82.1 Å². The van der Waals surface area contributed by atoms with Crippen molar-refractivity contribution in [3.8, 4) is 0 Å². The second kappa shape index (κ2) is 5.80. The molecule has 1 unspecified atom stereocenters. The third-order valence-corrected chi connectivity index (χ3v) is 4.65. The molecule has 24 heavy (non-hydrogen) atoms. The summed E-state index contributed by atoms with van der Waals surface area (Å²) in [5.41, 5.74) is 5.80. The van der Waals surface area contributed by atoms with Crippen LogP contribution in [-0.2, 0) is 0 Å². The Morgan fingerprint density at radius 2 is 1.96 bits per heavy atom. The van der Waals surface area contributed by atoms with Gasteiger partial charge in [0.25, 0.3) is 0 Å². The van der Waals surface area contributed by atoms with Crippen molar-refractivity contribution in [3.63, 3.8) is 0 Å². The van der Waals surface area contributed by atoms with Crippen LogP contribution in [0.15, 0.2) is 54.9 Å². The molecular weight excluding hydrogens is 320 g/mol. The summed E-state index contributed by atoms with van der Waals surface area (Å²) in [5.74, 6) is 0.732. The molecule has 120 valence electrons. The molecule has 0 saturated carbocycles. The van der Waals surface area contributed by atoms with Crippen molar-refractivity contribution in [1.29, 1.82) is 0 Å². The van der Waals surface area contributed by atoms with Crippen molar-refractivity contribution in [1.82, 2.24) is 14.8 Å². The molecule has 1 N–H and O–H groups in total. The molecule has 4 rings (SSSR count). The molecule has 1 aliphatic heterocycles. The lowest BCUT2D eigenvalue weighted by atomic mass is 9.99. The Kier molecular flexibility index (Phi) is 3.62. The van der Waals surface area contributed by atoms with Gasteiger partial charge in [0.05, 0.1) is 0 Å². The maximum atomic E-state index is 6.18. The highest BCUT2D eigenvalue weighted by molar-refractivity contribution is 6.30. The van der Waals surface area contributed by atoms with Gasteiger partial charge in [0.2, 0.25) is 5.95 Å². The van der Waals surface area contributed by atoms with Gasteiger partial charge in [0, 0.05) is 10.7 Å². The van der Waals surface area contributed by atoms with Crippen molar-refractivity contribution >= 4 is 23.2 Å². The molecule has 0 fully saturated rings. The molecular formula is C19H17ClN4. The highest BCUT2D eigenvalue weighted by Gasteiger charge is 2.23. The fourth-order valence-electron chi connectivity index (χ4n) is 2.94. The zero-order valence-corrected chi connectivity index (χ0v) is 14.2. The number of aryl methyl sites for hydroxylation is 2. The van der Waals surface area contributed by atoms with E-state index in [9.17, 15) is 0 Å². The summed E-state index contributed by atoms with van der Waals surface area (Å²) in [6, 6.07) is 14.3. The second-order valence-corrected chi connectivity index (χ2v) is 6.47. The third kappa shape index (κ3) is 2.59. The fraction of sp³-hybridized carbons (Fsp3) is 0.158. The number of nitrogens with one attached hydrogen (secondary N) is 1. The van der Waals surface area contributed by atoms with E-state index in [0.717, 1.165) is 22.8 Å². The van der Waals surface area contributed by atoms with Crippen molar-refractivity contribution in [2.45, 2.75) is 19.9 Å². The smallest absolute Gasteiger partial charge is 0.226 e. The summed E-state index contributed by atoms with van der Waals surface area (Å²) >= 11 is 6.18. The summed E-state index contributed by atoms with van der Waals surface area (Å²) in [7, 11) is 0. The number of fused-ring (bicyclic) bond motifs is 1. The van der Waals surface area contributed by atoms with Crippen molar-refractivity contribution in [2.75, 3.05) is 5.32 Å². The molecule has 0 aliphatic carbocycles. The van der Waals surface area contributed by atoms with Crippen molar-refractivity contribution in [2.24, 2.45) is 0 Å². The number of halogens is 1. The summed E-state index contributed by atoms with van der Waals surface area (Å²) in [6.45, 7) is 4.24. The van der Waals surface area contributed by atoms with Gasteiger partial charge in [-0.15, -0.1) is 0 Å². The van der Waals surface area contributed by atoms with E-state index < -0.39 is 0 Å². The fourth-order valence-corrected chi connectivity index (χ4v) is 3.14. The lowest BCUT2D eigenvalue weighted by Gasteiger charge is -2.24. The van der Waals surface area contributed by atoms with Crippen LogP contribution >= 0.6 is 11.6 Å². The van der Waals surface area contributed by atoms with Gasteiger partial charge in [0.1, 0.15) is 12.4 Å². The van der Waals surface area contributed by atoms with E-state index in [1.54, 1.807) is 6.33 Å². The molecule has 3 aromatic rings. The minimum Gasteiger partial charge on any atom is -0.324 e. The molecule has 0 radical (unpaired) electrons. The van der Waals surface area contributed by atoms with Gasteiger partial charge in [-0.25, -0.2) is 4.68 Å². The Morgan fingerprint density at radius 3 is 2.75 bits per heavy atom. The topological polar surface area (TPSA) is 42.7 Å². The normalized spacial score (nSPS) is 16.3. The number of nitrogens with zero attached hydrogens (tertiary/aromatic N) is 3. The monoisotopic (exact) mass is 336 g/mol. The average molecular weight is 337 g/mol. The highest BCUT2D eigenvalue weighted by atomic mass is 35.5.